The van der Waals surface area contributed by atoms with E-state index in [0.29, 0.717) is 21.8 Å². The van der Waals surface area contributed by atoms with Crippen molar-refractivity contribution in [1.29, 1.82) is 0 Å². The number of nitrogens with zero attached hydrogens (tertiary/aromatic N) is 1. The number of sulfonamides is 1. The second-order valence-corrected chi connectivity index (χ2v) is 9.54. The van der Waals surface area contributed by atoms with Crippen LogP contribution in [0.25, 0.3) is 0 Å². The molecular weight excluding hydrogens is 394 g/mol. The maximum Gasteiger partial charge on any atom is 0.245 e. The van der Waals surface area contributed by atoms with Crippen LogP contribution in [0.4, 0.5) is 0 Å². The van der Waals surface area contributed by atoms with Crippen molar-refractivity contribution >= 4 is 53.2 Å². The van der Waals surface area contributed by atoms with Crippen LogP contribution in [-0.2, 0) is 10.0 Å². The first-order valence-corrected chi connectivity index (χ1v) is 8.85. The van der Waals surface area contributed by atoms with Gasteiger partial charge in [-0.2, -0.15) is 4.31 Å². The highest BCUT2D eigenvalue weighted by Gasteiger charge is 2.34. The maximum atomic E-state index is 12.3. The van der Waals surface area contributed by atoms with Crippen LogP contribution < -0.4 is 0 Å². The average Bonchev–Trinajstić information content (AvgIpc) is 2.85. The van der Waals surface area contributed by atoms with Gasteiger partial charge in [-0.15, -0.1) is 11.3 Å². The van der Waals surface area contributed by atoms with Gasteiger partial charge in [0, 0.05) is 19.7 Å². The molecule has 2 rings (SSSR count). The average molecular weight is 405 g/mol. The number of thiophene rings is 1. The number of hydrogen-bond acceptors (Lipinski definition) is 4. The Hall–Kier alpha value is 0.530. The van der Waals surface area contributed by atoms with Gasteiger partial charge in [-0.1, -0.05) is 0 Å². The molecular formula is C9H11Br2NO3S2. The van der Waals surface area contributed by atoms with Crippen LogP contribution in [0.5, 0.6) is 0 Å². The first-order chi connectivity index (χ1) is 7.95. The zero-order valence-electron chi connectivity index (χ0n) is 8.77. The number of aliphatic hydroxyl groups excluding tert-OH is 1. The molecule has 1 N–H and O–H groups in total. The normalized spacial score (nSPS) is 22.2. The fourth-order valence-corrected chi connectivity index (χ4v) is 7.10. The second kappa shape index (κ2) is 5.26. The highest BCUT2D eigenvalue weighted by atomic mass is 79.9. The van der Waals surface area contributed by atoms with Gasteiger partial charge in [-0.3, -0.25) is 0 Å². The van der Waals surface area contributed by atoms with Crippen LogP contribution in [-0.4, -0.2) is 37.5 Å². The summed E-state index contributed by atoms with van der Waals surface area (Å²) in [4.78, 5) is 0.299. The molecule has 17 heavy (non-hydrogen) atoms. The summed E-state index contributed by atoms with van der Waals surface area (Å²) in [5.41, 5.74) is 0. The Morgan fingerprint density at radius 1 is 1.53 bits per heavy atom. The first-order valence-electron chi connectivity index (χ1n) is 5.01. The molecule has 96 valence electrons. The molecule has 0 spiro atoms. The van der Waals surface area contributed by atoms with Crippen molar-refractivity contribution in [2.45, 2.75) is 11.3 Å². The zero-order chi connectivity index (χ0) is 12.6. The van der Waals surface area contributed by atoms with Crippen molar-refractivity contribution in [3.05, 3.63) is 13.6 Å². The summed E-state index contributed by atoms with van der Waals surface area (Å²) < 4.78 is 27.5. The Balaban J connectivity index is 2.28. The Morgan fingerprint density at radius 2 is 2.24 bits per heavy atom. The van der Waals surface area contributed by atoms with Crippen LogP contribution in [0.1, 0.15) is 6.42 Å². The van der Waals surface area contributed by atoms with Crippen molar-refractivity contribution in [2.24, 2.45) is 5.92 Å². The number of rotatable bonds is 3. The van der Waals surface area contributed by atoms with E-state index in [1.54, 1.807) is 6.07 Å². The second-order valence-electron chi connectivity index (χ2n) is 3.89. The first kappa shape index (κ1) is 14.0. The van der Waals surface area contributed by atoms with Gasteiger partial charge >= 0.3 is 0 Å². The van der Waals surface area contributed by atoms with Gasteiger partial charge in [0.1, 0.15) is 4.90 Å². The third kappa shape index (κ3) is 2.76. The fraction of sp³-hybridized carbons (Fsp3) is 0.556. The van der Waals surface area contributed by atoms with Crippen molar-refractivity contribution in [3.8, 4) is 0 Å². The predicted octanol–water partition coefficient (Wildman–Crippen LogP) is 2.28. The summed E-state index contributed by atoms with van der Waals surface area (Å²) in [6.07, 6.45) is 0.721. The standard InChI is InChI=1S/C9H11Br2NO3S2/c10-8-3-7(9(11)16-8)17(14,15)12-2-1-6(4-12)5-13/h3,6,13H,1-2,4-5H2. The van der Waals surface area contributed by atoms with Crippen molar-refractivity contribution in [3.63, 3.8) is 0 Å². The molecule has 8 heteroatoms. The summed E-state index contributed by atoms with van der Waals surface area (Å²) in [6.45, 7) is 0.923. The van der Waals surface area contributed by atoms with Crippen molar-refractivity contribution in [2.75, 3.05) is 19.7 Å². The van der Waals surface area contributed by atoms with E-state index in [1.165, 1.54) is 15.6 Å². The Bertz CT molecular complexity index is 514. The monoisotopic (exact) mass is 403 g/mol. The lowest BCUT2D eigenvalue weighted by atomic mass is 10.1. The quantitative estimate of drug-likeness (QED) is 0.840. The summed E-state index contributed by atoms with van der Waals surface area (Å²) in [7, 11) is -3.44. The third-order valence-electron chi connectivity index (χ3n) is 2.75. The molecule has 1 unspecified atom stereocenters. The number of halogens is 2. The zero-order valence-corrected chi connectivity index (χ0v) is 13.6. The molecule has 0 amide bonds. The lowest BCUT2D eigenvalue weighted by Crippen LogP contribution is -2.29. The minimum Gasteiger partial charge on any atom is -0.396 e. The SMILES string of the molecule is O=S(=O)(c1cc(Br)sc1Br)N1CCC(CO)C1. The molecule has 0 aromatic carbocycles. The van der Waals surface area contributed by atoms with Crippen LogP contribution >= 0.6 is 43.2 Å². The van der Waals surface area contributed by atoms with E-state index in [-0.39, 0.29) is 12.5 Å². The summed E-state index contributed by atoms with van der Waals surface area (Å²) in [6, 6.07) is 1.61. The Morgan fingerprint density at radius 3 is 2.71 bits per heavy atom. The molecule has 1 fully saturated rings. The van der Waals surface area contributed by atoms with E-state index in [9.17, 15) is 8.42 Å². The van der Waals surface area contributed by atoms with Crippen LogP contribution in [0.15, 0.2) is 18.5 Å². The Labute approximate surface area is 121 Å². The molecule has 1 aromatic heterocycles. The van der Waals surface area contributed by atoms with E-state index in [0.717, 1.165) is 10.2 Å². The molecule has 1 aliphatic heterocycles. The largest absolute Gasteiger partial charge is 0.396 e. The maximum absolute atomic E-state index is 12.3. The van der Waals surface area contributed by atoms with Gasteiger partial charge in [0.25, 0.3) is 0 Å². The highest BCUT2D eigenvalue weighted by molar-refractivity contribution is 9.12. The summed E-state index contributed by atoms with van der Waals surface area (Å²) in [5, 5.41) is 9.04. The molecule has 0 saturated carbocycles. The summed E-state index contributed by atoms with van der Waals surface area (Å²) in [5.74, 6) is 0.0608. The minimum atomic E-state index is -3.44. The molecule has 1 atom stereocenters. The highest BCUT2D eigenvalue weighted by Crippen LogP contribution is 2.37. The van der Waals surface area contributed by atoms with Crippen LogP contribution in [0.2, 0.25) is 0 Å². The van der Waals surface area contributed by atoms with E-state index in [2.05, 4.69) is 31.9 Å². The predicted molar refractivity (Wildman–Crippen MR) is 73.7 cm³/mol. The van der Waals surface area contributed by atoms with Crippen molar-refractivity contribution < 1.29 is 13.5 Å². The molecule has 1 saturated heterocycles. The molecule has 2 heterocycles. The van der Waals surface area contributed by atoms with Crippen LogP contribution in [0.3, 0.4) is 0 Å². The van der Waals surface area contributed by atoms with Gasteiger partial charge in [-0.25, -0.2) is 8.42 Å². The number of hydrogen-bond donors (Lipinski definition) is 1. The number of aliphatic hydroxyl groups is 1. The lowest BCUT2D eigenvalue weighted by molar-refractivity contribution is 0.233. The molecule has 0 radical (unpaired) electrons. The van der Waals surface area contributed by atoms with E-state index in [4.69, 9.17) is 5.11 Å². The van der Waals surface area contributed by atoms with Crippen molar-refractivity contribution in [1.82, 2.24) is 4.31 Å². The minimum absolute atomic E-state index is 0.0422. The topological polar surface area (TPSA) is 57.6 Å². The van der Waals surface area contributed by atoms with E-state index >= 15 is 0 Å². The molecule has 1 aliphatic rings. The van der Waals surface area contributed by atoms with Gasteiger partial charge < -0.3 is 5.11 Å². The smallest absolute Gasteiger partial charge is 0.245 e. The lowest BCUT2D eigenvalue weighted by Gasteiger charge is -2.15. The van der Waals surface area contributed by atoms with E-state index in [1.807, 2.05) is 0 Å². The fourth-order valence-electron chi connectivity index (χ4n) is 1.80. The third-order valence-corrected chi connectivity index (χ3v) is 7.37. The molecule has 0 aliphatic carbocycles. The van der Waals surface area contributed by atoms with E-state index < -0.39 is 10.0 Å². The van der Waals surface area contributed by atoms with Gasteiger partial charge in [0.15, 0.2) is 0 Å². The van der Waals surface area contributed by atoms with Crippen LogP contribution in [0, 0.1) is 5.92 Å². The van der Waals surface area contributed by atoms with Gasteiger partial charge in [-0.05, 0) is 50.3 Å². The van der Waals surface area contributed by atoms with Gasteiger partial charge in [0.2, 0.25) is 10.0 Å². The van der Waals surface area contributed by atoms with Gasteiger partial charge in [0.05, 0.1) is 7.57 Å². The Kier molecular flexibility index (Phi) is 4.32. The molecule has 1 aromatic rings. The molecule has 4 nitrogen and oxygen atoms in total. The molecule has 0 bridgehead atoms. The summed E-state index contributed by atoms with van der Waals surface area (Å²) >= 11 is 7.88.